The van der Waals surface area contributed by atoms with E-state index in [4.69, 9.17) is 23.7 Å². The second-order valence-corrected chi connectivity index (χ2v) is 20.9. The molecule has 0 heterocycles. The Balaban J connectivity index is 2.84. The number of carbonyl (C=O) groups is 5. The maximum Gasteiger partial charge on any atom is 0.320 e. The predicted molar refractivity (Wildman–Crippen MR) is 231 cm³/mol. The number of nitro groups is 1. The van der Waals surface area contributed by atoms with Crippen LogP contribution in [0.2, 0.25) is 0 Å². The Morgan fingerprint density at radius 1 is 0.557 bits per heavy atom. The van der Waals surface area contributed by atoms with Crippen molar-refractivity contribution in [3.63, 3.8) is 0 Å². The maximum atomic E-state index is 13.9. The molecule has 3 atom stereocenters. The molecule has 1 aliphatic carbocycles. The van der Waals surface area contributed by atoms with Crippen LogP contribution in [0.4, 0.5) is 5.69 Å². The Hall–Kier alpha value is -4.15. The van der Waals surface area contributed by atoms with Crippen LogP contribution in [0.3, 0.4) is 0 Å². The molecule has 0 aromatic heterocycles. The van der Waals surface area contributed by atoms with Crippen LogP contribution in [0.25, 0.3) is 0 Å². The number of benzene rings is 1. The Morgan fingerprint density at radius 3 is 1.20 bits per heavy atom. The van der Waals surface area contributed by atoms with E-state index in [1.165, 1.54) is 12.1 Å². The van der Waals surface area contributed by atoms with Gasteiger partial charge in [0, 0.05) is 36.8 Å². The lowest BCUT2D eigenvalue weighted by molar-refractivity contribution is -0.384. The zero-order valence-corrected chi connectivity index (χ0v) is 39.5. The highest BCUT2D eigenvalue weighted by Crippen LogP contribution is 2.30. The minimum Gasteiger partial charge on any atom is -0.459 e. The van der Waals surface area contributed by atoms with Crippen LogP contribution in [0, 0.1) is 10.1 Å². The lowest BCUT2D eigenvalue weighted by Gasteiger charge is -2.46. The van der Waals surface area contributed by atoms with Crippen molar-refractivity contribution >= 4 is 35.5 Å². The first-order valence-electron chi connectivity index (χ1n) is 21.2. The third kappa shape index (κ3) is 22.0. The zero-order valence-electron chi connectivity index (χ0n) is 39.5. The second-order valence-electron chi connectivity index (χ2n) is 20.9. The normalized spacial score (nSPS) is 17.1. The summed E-state index contributed by atoms with van der Waals surface area (Å²) < 4.78 is 28.8. The fraction of sp³-hybridized carbons (Fsp3) is 0.756. The van der Waals surface area contributed by atoms with E-state index in [9.17, 15) is 34.1 Å². The number of non-ortho nitro benzene ring substituents is 1. The van der Waals surface area contributed by atoms with Crippen LogP contribution in [-0.2, 0) is 54.1 Å². The Kier molecular flexibility index (Phi) is 18.9. The van der Waals surface area contributed by atoms with Gasteiger partial charge in [0.2, 0.25) is 0 Å². The molecule has 16 heteroatoms. The molecule has 1 aromatic carbocycles. The summed E-state index contributed by atoms with van der Waals surface area (Å²) in [5.41, 5.74) is -3.53. The van der Waals surface area contributed by atoms with Crippen molar-refractivity contribution in [2.45, 2.75) is 182 Å². The van der Waals surface area contributed by atoms with Gasteiger partial charge < -0.3 is 23.7 Å². The lowest BCUT2D eigenvalue weighted by atomic mass is 9.87. The van der Waals surface area contributed by atoms with Crippen molar-refractivity contribution in [3.8, 4) is 0 Å². The molecule has 2 rings (SSSR count). The third-order valence-electron chi connectivity index (χ3n) is 8.97. The summed E-state index contributed by atoms with van der Waals surface area (Å²) in [7, 11) is 0. The van der Waals surface area contributed by atoms with E-state index < -0.39 is 80.9 Å². The van der Waals surface area contributed by atoms with Crippen LogP contribution in [0.1, 0.15) is 135 Å². The van der Waals surface area contributed by atoms with E-state index in [1.807, 2.05) is 4.90 Å². The van der Waals surface area contributed by atoms with Gasteiger partial charge in [-0.15, -0.1) is 0 Å². The summed E-state index contributed by atoms with van der Waals surface area (Å²) in [5.74, 6) is -2.78. The topological polar surface area (TPSA) is 184 Å². The fourth-order valence-electron chi connectivity index (χ4n) is 7.17. The van der Waals surface area contributed by atoms with Crippen molar-refractivity contribution < 1.29 is 52.6 Å². The molecule has 1 aromatic rings. The van der Waals surface area contributed by atoms with Gasteiger partial charge in [0.15, 0.2) is 0 Å². The highest BCUT2D eigenvalue weighted by atomic mass is 16.6. The van der Waals surface area contributed by atoms with E-state index in [0.29, 0.717) is 18.4 Å². The van der Waals surface area contributed by atoms with E-state index >= 15 is 0 Å². The fourth-order valence-corrected chi connectivity index (χ4v) is 7.17. The first-order valence-corrected chi connectivity index (χ1v) is 21.2. The SMILES string of the molecule is CC(C)(C)OC(=O)CN(CC(=O)OC(C)(C)C)[C@H](Cc1ccc([N+](=O)[O-])cc1)CN(CC(=O)OC(C)(C)C)[C@H]1CCCC[C@@H]1N(CC(=O)OC(C)(C)C)CC(=O)OC(C)(C)C. The van der Waals surface area contributed by atoms with Gasteiger partial charge in [-0.25, -0.2) is 0 Å². The molecule has 1 aliphatic rings. The number of carbonyl (C=O) groups excluding carboxylic acids is 5. The van der Waals surface area contributed by atoms with E-state index in [0.717, 1.165) is 12.8 Å². The summed E-state index contributed by atoms with van der Waals surface area (Å²) in [6, 6.07) is 4.41. The highest BCUT2D eigenvalue weighted by molar-refractivity contribution is 5.76. The number of nitrogens with zero attached hydrogens (tertiary/aromatic N) is 4. The van der Waals surface area contributed by atoms with Crippen molar-refractivity contribution in [2.75, 3.05) is 39.3 Å². The summed E-state index contributed by atoms with van der Waals surface area (Å²) in [5, 5.41) is 11.6. The molecule has 0 bridgehead atoms. The molecule has 61 heavy (non-hydrogen) atoms. The molecular formula is C45H74N4O12. The van der Waals surface area contributed by atoms with Gasteiger partial charge in [-0.05, 0) is 129 Å². The van der Waals surface area contributed by atoms with Gasteiger partial charge in [0.05, 0.1) is 37.6 Å². The van der Waals surface area contributed by atoms with Crippen LogP contribution in [-0.4, -0.2) is 135 Å². The molecule has 16 nitrogen and oxygen atoms in total. The van der Waals surface area contributed by atoms with E-state index in [-0.39, 0.29) is 51.4 Å². The lowest BCUT2D eigenvalue weighted by Crippen LogP contribution is -2.60. The molecule has 0 N–H and O–H groups in total. The third-order valence-corrected chi connectivity index (χ3v) is 8.97. The number of rotatable bonds is 18. The minimum absolute atomic E-state index is 0.0791. The quantitative estimate of drug-likeness (QED) is 0.0680. The minimum atomic E-state index is -0.841. The number of hydrogen-bond donors (Lipinski definition) is 0. The first-order chi connectivity index (χ1) is 27.7. The van der Waals surface area contributed by atoms with Gasteiger partial charge in [-0.3, -0.25) is 48.8 Å². The standard InChI is InChI=1S/C45H74N4O12/c1-41(2,3)57-36(50)26-46(27-37(51)58-42(4,5)6)33(24-31-20-22-32(23-21-31)49(55)56)25-47(28-38(52)59-43(7,8)9)34-18-16-17-19-35(34)48(29-39(53)60-44(10,11)12)30-40(54)61-45(13,14)15/h20-23,33-35H,16-19,24-30H2,1-15H3/t33-,34+,35+/m1/s1. The Morgan fingerprint density at radius 2 is 0.869 bits per heavy atom. The summed E-state index contributed by atoms with van der Waals surface area (Å²) in [4.78, 5) is 84.5. The second kappa shape index (κ2) is 21.8. The van der Waals surface area contributed by atoms with Crippen molar-refractivity contribution in [2.24, 2.45) is 0 Å². The number of esters is 5. The van der Waals surface area contributed by atoms with E-state index in [1.54, 1.807) is 126 Å². The van der Waals surface area contributed by atoms with Crippen molar-refractivity contribution in [3.05, 3.63) is 39.9 Å². The Labute approximate surface area is 363 Å². The molecule has 0 unspecified atom stereocenters. The van der Waals surface area contributed by atoms with Crippen LogP contribution >= 0.6 is 0 Å². The van der Waals surface area contributed by atoms with Gasteiger partial charge in [0.1, 0.15) is 28.0 Å². The van der Waals surface area contributed by atoms with Crippen molar-refractivity contribution in [1.82, 2.24) is 14.7 Å². The van der Waals surface area contributed by atoms with Gasteiger partial charge >= 0.3 is 29.8 Å². The van der Waals surface area contributed by atoms with Gasteiger partial charge in [0.25, 0.3) is 5.69 Å². The van der Waals surface area contributed by atoms with Gasteiger partial charge in [-0.2, -0.15) is 0 Å². The predicted octanol–water partition coefficient (Wildman–Crippen LogP) is 6.43. The first kappa shape index (κ1) is 53.0. The number of nitro benzene ring substituents is 1. The summed E-state index contributed by atoms with van der Waals surface area (Å²) in [6.45, 7) is 25.1. The maximum absolute atomic E-state index is 13.9. The number of hydrogen-bond acceptors (Lipinski definition) is 15. The van der Waals surface area contributed by atoms with Crippen LogP contribution in [0.5, 0.6) is 0 Å². The zero-order chi connectivity index (χ0) is 46.7. The summed E-state index contributed by atoms with van der Waals surface area (Å²) in [6.07, 6.45) is 2.86. The van der Waals surface area contributed by atoms with Crippen LogP contribution < -0.4 is 0 Å². The van der Waals surface area contributed by atoms with Crippen LogP contribution in [0.15, 0.2) is 24.3 Å². The van der Waals surface area contributed by atoms with Gasteiger partial charge in [-0.1, -0.05) is 25.0 Å². The molecule has 0 aliphatic heterocycles. The molecular weight excluding hydrogens is 789 g/mol. The monoisotopic (exact) mass is 863 g/mol. The Bertz CT molecular complexity index is 1590. The molecule has 346 valence electrons. The molecule has 1 saturated carbocycles. The summed E-state index contributed by atoms with van der Waals surface area (Å²) >= 11 is 0. The smallest absolute Gasteiger partial charge is 0.320 e. The molecule has 1 fully saturated rings. The van der Waals surface area contributed by atoms with Crippen molar-refractivity contribution in [1.29, 1.82) is 0 Å². The number of ether oxygens (including phenoxy) is 5. The molecule has 0 radical (unpaired) electrons. The molecule has 0 amide bonds. The highest BCUT2D eigenvalue weighted by Gasteiger charge is 2.40. The largest absolute Gasteiger partial charge is 0.459 e. The average Bonchev–Trinajstić information content (AvgIpc) is 3.03. The molecule has 0 saturated heterocycles. The van der Waals surface area contributed by atoms with E-state index in [2.05, 4.69) is 0 Å². The average molecular weight is 863 g/mol. The molecule has 0 spiro atoms.